The predicted molar refractivity (Wildman–Crippen MR) is 49.9 cm³/mol. The molecule has 0 amide bonds. The van der Waals surface area contributed by atoms with Gasteiger partial charge >= 0.3 is 0 Å². The third-order valence-corrected chi connectivity index (χ3v) is 2.05. The fourth-order valence-corrected chi connectivity index (χ4v) is 1.28. The van der Waals surface area contributed by atoms with Gasteiger partial charge in [-0.3, -0.25) is 4.79 Å². The van der Waals surface area contributed by atoms with Crippen LogP contribution in [-0.2, 0) is 0 Å². The Morgan fingerprint density at radius 2 is 1.77 bits per heavy atom. The van der Waals surface area contributed by atoms with E-state index in [1.807, 2.05) is 0 Å². The van der Waals surface area contributed by atoms with E-state index >= 15 is 0 Å². The lowest BCUT2D eigenvalue weighted by Gasteiger charge is -2.08. The van der Waals surface area contributed by atoms with E-state index in [4.69, 9.17) is 21.1 Å². The third kappa shape index (κ3) is 1.75. The van der Waals surface area contributed by atoms with Crippen molar-refractivity contribution in [3.8, 4) is 11.5 Å². The van der Waals surface area contributed by atoms with E-state index in [1.165, 1.54) is 14.2 Å². The van der Waals surface area contributed by atoms with E-state index in [0.717, 1.165) is 0 Å². The summed E-state index contributed by atoms with van der Waals surface area (Å²) in [7, 11) is 2.97. The second-order valence-corrected chi connectivity index (χ2v) is 2.69. The Kier molecular flexibility index (Phi) is 3.14. The molecule has 0 aromatic heterocycles. The smallest absolute Gasteiger partial charge is 0.155 e. The van der Waals surface area contributed by atoms with Gasteiger partial charge in [-0.25, -0.2) is 0 Å². The van der Waals surface area contributed by atoms with Gasteiger partial charge in [0.05, 0.1) is 24.8 Å². The molecule has 0 heterocycles. The van der Waals surface area contributed by atoms with Crippen LogP contribution in [-0.4, -0.2) is 20.5 Å². The largest absolute Gasteiger partial charge is 0.496 e. The van der Waals surface area contributed by atoms with Crippen molar-refractivity contribution in [1.82, 2.24) is 0 Å². The molecule has 0 saturated carbocycles. The van der Waals surface area contributed by atoms with Crippen molar-refractivity contribution in [3.05, 3.63) is 22.7 Å². The van der Waals surface area contributed by atoms with Gasteiger partial charge in [-0.05, 0) is 12.1 Å². The standard InChI is InChI=1S/C9H9ClO3/c1-12-7-3-4-8(13-2)9(10)6(7)5-11/h3-5H,1-2H3. The van der Waals surface area contributed by atoms with Gasteiger partial charge in [-0.1, -0.05) is 11.6 Å². The molecule has 0 fully saturated rings. The van der Waals surface area contributed by atoms with E-state index in [1.54, 1.807) is 12.1 Å². The molecule has 0 atom stereocenters. The number of hydrogen-bond acceptors (Lipinski definition) is 3. The highest BCUT2D eigenvalue weighted by Crippen LogP contribution is 2.33. The molecule has 1 aromatic carbocycles. The predicted octanol–water partition coefficient (Wildman–Crippen LogP) is 2.17. The van der Waals surface area contributed by atoms with Crippen LogP contribution in [0.3, 0.4) is 0 Å². The van der Waals surface area contributed by atoms with E-state index in [2.05, 4.69) is 0 Å². The van der Waals surface area contributed by atoms with E-state index in [0.29, 0.717) is 23.3 Å². The summed E-state index contributed by atoms with van der Waals surface area (Å²) >= 11 is 5.86. The molecule has 0 unspecified atom stereocenters. The van der Waals surface area contributed by atoms with Crippen LogP contribution in [0.4, 0.5) is 0 Å². The van der Waals surface area contributed by atoms with Gasteiger partial charge in [0.2, 0.25) is 0 Å². The number of carbonyl (C=O) groups excluding carboxylic acids is 1. The molecule has 70 valence electrons. The van der Waals surface area contributed by atoms with Crippen LogP contribution in [0.2, 0.25) is 5.02 Å². The first-order valence-corrected chi connectivity index (χ1v) is 3.98. The summed E-state index contributed by atoms with van der Waals surface area (Å²) in [6, 6.07) is 3.28. The number of aldehydes is 1. The highest BCUT2D eigenvalue weighted by Gasteiger charge is 2.11. The molecule has 0 aliphatic carbocycles. The second-order valence-electron chi connectivity index (χ2n) is 2.32. The lowest BCUT2D eigenvalue weighted by atomic mass is 10.2. The Hall–Kier alpha value is -1.22. The van der Waals surface area contributed by atoms with Crippen LogP contribution >= 0.6 is 11.6 Å². The van der Waals surface area contributed by atoms with Crippen LogP contribution in [0.25, 0.3) is 0 Å². The molecule has 0 aliphatic rings. The molecular formula is C9H9ClO3. The van der Waals surface area contributed by atoms with E-state index in [9.17, 15) is 4.79 Å². The highest BCUT2D eigenvalue weighted by atomic mass is 35.5. The fraction of sp³-hybridized carbons (Fsp3) is 0.222. The van der Waals surface area contributed by atoms with Crippen LogP contribution in [0, 0.1) is 0 Å². The molecule has 1 aromatic rings. The van der Waals surface area contributed by atoms with Gasteiger partial charge in [-0.15, -0.1) is 0 Å². The van der Waals surface area contributed by atoms with Crippen LogP contribution in [0.15, 0.2) is 12.1 Å². The maximum absolute atomic E-state index is 10.7. The molecule has 0 saturated heterocycles. The first-order valence-electron chi connectivity index (χ1n) is 3.60. The minimum atomic E-state index is 0.275. The van der Waals surface area contributed by atoms with E-state index in [-0.39, 0.29) is 5.02 Å². The zero-order valence-electron chi connectivity index (χ0n) is 7.33. The van der Waals surface area contributed by atoms with E-state index < -0.39 is 0 Å². The highest BCUT2D eigenvalue weighted by molar-refractivity contribution is 6.34. The van der Waals surface area contributed by atoms with Gasteiger partial charge in [0.15, 0.2) is 6.29 Å². The second kappa shape index (κ2) is 4.14. The summed E-state index contributed by atoms with van der Waals surface area (Å²) in [5.41, 5.74) is 0.309. The Balaban J connectivity index is 3.31. The van der Waals surface area contributed by atoms with Crippen molar-refractivity contribution >= 4 is 17.9 Å². The minimum absolute atomic E-state index is 0.275. The average Bonchev–Trinajstić information content (AvgIpc) is 2.17. The third-order valence-electron chi connectivity index (χ3n) is 1.66. The lowest BCUT2D eigenvalue weighted by Crippen LogP contribution is -1.94. The molecule has 0 aliphatic heterocycles. The van der Waals surface area contributed by atoms with Crippen LogP contribution in [0.1, 0.15) is 10.4 Å². The Morgan fingerprint density at radius 3 is 2.23 bits per heavy atom. The molecule has 13 heavy (non-hydrogen) atoms. The first kappa shape index (κ1) is 9.86. The van der Waals surface area contributed by atoms with Crippen molar-refractivity contribution in [3.63, 3.8) is 0 Å². The molecule has 0 bridgehead atoms. The number of carbonyl (C=O) groups is 1. The summed E-state index contributed by atoms with van der Waals surface area (Å²) in [4.78, 5) is 10.7. The SMILES string of the molecule is COc1ccc(OC)c(C=O)c1Cl. The molecule has 3 nitrogen and oxygen atoms in total. The van der Waals surface area contributed by atoms with Gasteiger partial charge in [0, 0.05) is 0 Å². The summed E-state index contributed by atoms with van der Waals surface area (Å²) in [6.45, 7) is 0. The summed E-state index contributed by atoms with van der Waals surface area (Å²) in [6.07, 6.45) is 0.643. The average molecular weight is 201 g/mol. The number of methoxy groups -OCH3 is 2. The maximum Gasteiger partial charge on any atom is 0.155 e. The van der Waals surface area contributed by atoms with Gasteiger partial charge < -0.3 is 9.47 Å². The minimum Gasteiger partial charge on any atom is -0.496 e. The number of halogens is 1. The summed E-state index contributed by atoms with van der Waals surface area (Å²) in [5.74, 6) is 0.908. The van der Waals surface area contributed by atoms with Gasteiger partial charge in [0.25, 0.3) is 0 Å². The van der Waals surface area contributed by atoms with Crippen molar-refractivity contribution in [2.24, 2.45) is 0 Å². The lowest BCUT2D eigenvalue weighted by molar-refractivity contribution is 0.112. The topological polar surface area (TPSA) is 35.5 Å². The maximum atomic E-state index is 10.7. The summed E-state index contributed by atoms with van der Waals surface area (Å²) in [5, 5.41) is 0.275. The van der Waals surface area contributed by atoms with Crippen molar-refractivity contribution in [2.45, 2.75) is 0 Å². The Morgan fingerprint density at radius 1 is 1.23 bits per heavy atom. The van der Waals surface area contributed by atoms with Crippen LogP contribution in [0.5, 0.6) is 11.5 Å². The zero-order valence-corrected chi connectivity index (χ0v) is 8.09. The molecular weight excluding hydrogens is 192 g/mol. The summed E-state index contributed by atoms with van der Waals surface area (Å²) < 4.78 is 9.89. The number of ether oxygens (including phenoxy) is 2. The van der Waals surface area contributed by atoms with Crippen molar-refractivity contribution in [1.29, 1.82) is 0 Å². The fourth-order valence-electron chi connectivity index (χ4n) is 1.00. The Labute approximate surface area is 81.2 Å². The number of benzene rings is 1. The zero-order chi connectivity index (χ0) is 9.84. The normalized spacial score (nSPS) is 9.46. The Bertz CT molecular complexity index is 323. The van der Waals surface area contributed by atoms with Crippen molar-refractivity contribution < 1.29 is 14.3 Å². The number of hydrogen-bond donors (Lipinski definition) is 0. The van der Waals surface area contributed by atoms with Gasteiger partial charge in [-0.2, -0.15) is 0 Å². The first-order chi connectivity index (χ1) is 6.24. The van der Waals surface area contributed by atoms with Gasteiger partial charge in [0.1, 0.15) is 11.5 Å². The molecule has 4 heteroatoms. The molecule has 0 N–H and O–H groups in total. The van der Waals surface area contributed by atoms with Crippen LogP contribution < -0.4 is 9.47 Å². The molecule has 0 radical (unpaired) electrons. The quantitative estimate of drug-likeness (QED) is 0.702. The molecule has 0 spiro atoms. The monoisotopic (exact) mass is 200 g/mol. The number of rotatable bonds is 3. The van der Waals surface area contributed by atoms with Crippen molar-refractivity contribution in [2.75, 3.05) is 14.2 Å². The molecule has 1 rings (SSSR count).